The van der Waals surface area contributed by atoms with Gasteiger partial charge in [0.15, 0.2) is 11.2 Å². The zero-order valence-electron chi connectivity index (χ0n) is 26.5. The highest BCUT2D eigenvalue weighted by atomic mass is 16.4. The minimum atomic E-state index is 0.775. The van der Waals surface area contributed by atoms with Gasteiger partial charge in [-0.15, -0.1) is 0 Å². The van der Waals surface area contributed by atoms with Crippen molar-refractivity contribution in [3.05, 3.63) is 169 Å². The molecule has 2 nitrogen and oxygen atoms in total. The van der Waals surface area contributed by atoms with Crippen LogP contribution in [0.3, 0.4) is 0 Å². The predicted octanol–water partition coefficient (Wildman–Crippen LogP) is 13.2. The van der Waals surface area contributed by atoms with Gasteiger partial charge < -0.3 is 8.83 Å². The molecule has 0 aliphatic heterocycles. The lowest BCUT2D eigenvalue weighted by Crippen LogP contribution is -1.93. The maximum absolute atomic E-state index is 6.77. The molecule has 8 aromatic carbocycles. The number of rotatable bonds is 3. The Morgan fingerprint density at radius 3 is 1.67 bits per heavy atom. The van der Waals surface area contributed by atoms with E-state index in [9.17, 15) is 0 Å². The lowest BCUT2D eigenvalue weighted by molar-refractivity contribution is 0.611. The fourth-order valence-electron chi connectivity index (χ4n) is 8.42. The molecule has 0 saturated carbocycles. The molecule has 0 unspecified atom stereocenters. The van der Waals surface area contributed by atoms with Crippen LogP contribution in [-0.4, -0.2) is 0 Å². The number of hydrogen-bond donors (Lipinski definition) is 0. The Bertz CT molecular complexity index is 2900. The molecule has 0 N–H and O–H groups in total. The zero-order valence-corrected chi connectivity index (χ0v) is 26.5. The fraction of sp³-hybridized carbons (Fsp3) is 0.0213. The van der Waals surface area contributed by atoms with Crippen LogP contribution in [0.5, 0.6) is 0 Å². The van der Waals surface area contributed by atoms with Crippen molar-refractivity contribution >= 4 is 54.5 Å². The molecule has 0 fully saturated rings. The molecular formula is C47H28O2. The average molecular weight is 625 g/mol. The topological polar surface area (TPSA) is 26.3 Å². The molecule has 0 spiro atoms. The summed E-state index contributed by atoms with van der Waals surface area (Å²) < 4.78 is 13.3. The molecule has 1 aliphatic rings. The van der Waals surface area contributed by atoms with Crippen molar-refractivity contribution in [1.29, 1.82) is 0 Å². The van der Waals surface area contributed by atoms with E-state index in [2.05, 4.69) is 140 Å². The van der Waals surface area contributed by atoms with E-state index in [1.807, 2.05) is 18.2 Å². The summed E-state index contributed by atoms with van der Waals surface area (Å²) >= 11 is 0. The molecule has 2 heteroatoms. The van der Waals surface area contributed by atoms with Gasteiger partial charge in [-0.1, -0.05) is 140 Å². The predicted molar refractivity (Wildman–Crippen MR) is 203 cm³/mol. The van der Waals surface area contributed by atoms with Crippen LogP contribution in [0.4, 0.5) is 0 Å². The number of benzene rings is 8. The van der Waals surface area contributed by atoms with E-state index in [0.717, 1.165) is 56.2 Å². The molecule has 0 amide bonds. The monoisotopic (exact) mass is 624 g/mol. The lowest BCUT2D eigenvalue weighted by atomic mass is 9.83. The van der Waals surface area contributed by atoms with Crippen molar-refractivity contribution in [1.82, 2.24) is 0 Å². The summed E-state index contributed by atoms with van der Waals surface area (Å²) in [7, 11) is 0. The average Bonchev–Trinajstić information content (AvgIpc) is 3.88. The fourth-order valence-corrected chi connectivity index (χ4v) is 8.42. The van der Waals surface area contributed by atoms with Crippen molar-refractivity contribution in [3.63, 3.8) is 0 Å². The Balaban J connectivity index is 1.29. The lowest BCUT2D eigenvalue weighted by Gasteiger charge is -2.20. The largest absolute Gasteiger partial charge is 0.452 e. The molecular weight excluding hydrogens is 597 g/mol. The summed E-state index contributed by atoms with van der Waals surface area (Å²) in [6, 6.07) is 56.8. The third kappa shape index (κ3) is 3.77. The molecule has 10 aromatic rings. The molecule has 0 bridgehead atoms. The van der Waals surface area contributed by atoms with Gasteiger partial charge in [0.1, 0.15) is 11.3 Å². The van der Waals surface area contributed by atoms with Gasteiger partial charge in [0.05, 0.1) is 0 Å². The Hall–Kier alpha value is -6.38. The van der Waals surface area contributed by atoms with Crippen LogP contribution in [0, 0.1) is 0 Å². The highest BCUT2D eigenvalue weighted by molar-refractivity contribution is 6.27. The summed E-state index contributed by atoms with van der Waals surface area (Å²) in [5, 5.41) is 8.11. The van der Waals surface area contributed by atoms with E-state index in [1.165, 1.54) is 60.5 Å². The van der Waals surface area contributed by atoms with Gasteiger partial charge in [-0.25, -0.2) is 0 Å². The van der Waals surface area contributed by atoms with Gasteiger partial charge in [0, 0.05) is 21.7 Å². The first kappa shape index (κ1) is 26.7. The van der Waals surface area contributed by atoms with Crippen LogP contribution >= 0.6 is 0 Å². The highest BCUT2D eigenvalue weighted by Gasteiger charge is 2.26. The van der Waals surface area contributed by atoms with Crippen LogP contribution < -0.4 is 0 Å². The van der Waals surface area contributed by atoms with Gasteiger partial charge in [-0.3, -0.25) is 0 Å². The van der Waals surface area contributed by atoms with E-state index in [0.29, 0.717) is 0 Å². The number of hydrogen-bond acceptors (Lipinski definition) is 2. The van der Waals surface area contributed by atoms with E-state index in [-0.39, 0.29) is 0 Å². The van der Waals surface area contributed by atoms with Gasteiger partial charge in [0.25, 0.3) is 0 Å². The first-order chi connectivity index (χ1) is 24.3. The second-order valence-corrected chi connectivity index (χ2v) is 13.1. The summed E-state index contributed by atoms with van der Waals surface area (Å²) in [6.07, 6.45) is 0.966. The Morgan fingerprint density at radius 2 is 0.918 bits per heavy atom. The summed E-state index contributed by atoms with van der Waals surface area (Å²) in [4.78, 5) is 0. The maximum Gasteiger partial charge on any atom is 0.178 e. The maximum atomic E-state index is 6.77. The first-order valence-corrected chi connectivity index (χ1v) is 16.9. The van der Waals surface area contributed by atoms with E-state index >= 15 is 0 Å². The number of furan rings is 2. The van der Waals surface area contributed by atoms with Crippen LogP contribution in [0.25, 0.3) is 99.2 Å². The van der Waals surface area contributed by atoms with E-state index in [1.54, 1.807) is 0 Å². The summed E-state index contributed by atoms with van der Waals surface area (Å²) in [5.41, 5.74) is 13.9. The van der Waals surface area contributed by atoms with Crippen LogP contribution in [0.2, 0.25) is 0 Å². The molecule has 0 atom stereocenters. The van der Waals surface area contributed by atoms with Gasteiger partial charge in [-0.05, 0) is 90.7 Å². The summed E-state index contributed by atoms with van der Waals surface area (Å²) in [6.45, 7) is 0. The second-order valence-electron chi connectivity index (χ2n) is 13.1. The Labute approximate surface area is 282 Å². The van der Waals surface area contributed by atoms with Crippen LogP contribution in [0.1, 0.15) is 11.1 Å². The quantitative estimate of drug-likeness (QED) is 0.183. The normalized spacial score (nSPS) is 12.4. The number of fused-ring (bicyclic) bond motifs is 10. The minimum Gasteiger partial charge on any atom is -0.452 e. The van der Waals surface area contributed by atoms with Crippen molar-refractivity contribution in [3.8, 4) is 44.7 Å². The molecule has 2 aromatic heterocycles. The molecule has 11 rings (SSSR count). The minimum absolute atomic E-state index is 0.775. The van der Waals surface area contributed by atoms with Crippen molar-refractivity contribution in [2.75, 3.05) is 0 Å². The van der Waals surface area contributed by atoms with Gasteiger partial charge in [-0.2, -0.15) is 0 Å². The zero-order chi connectivity index (χ0) is 32.1. The first-order valence-electron chi connectivity index (χ1n) is 16.9. The highest BCUT2D eigenvalue weighted by Crippen LogP contribution is 2.51. The SMILES string of the molecule is c1ccc(-c2cc3c(-c4c5ccccc5c(-c5cccc6c5-c5ccccc5C6)c5ccccc45)cc4c5ccccc5oc4c3o2)cc1. The summed E-state index contributed by atoms with van der Waals surface area (Å²) in [5.74, 6) is 0.827. The Morgan fingerprint density at radius 1 is 0.347 bits per heavy atom. The molecule has 0 radical (unpaired) electrons. The van der Waals surface area contributed by atoms with Gasteiger partial charge in [0.2, 0.25) is 0 Å². The standard InChI is InChI=1S/C47H28O2/c1-2-13-28(14-3-1)42-27-40-38(26-39-32-18-10-11-24-41(32)48-46(39)47(40)49-42)45-35-21-8-6-19-33(35)44(34-20-7-9-22-36(34)45)37-23-12-16-30-25-29-15-4-5-17-31(29)43(30)37/h1-24,26-27H,25H2. The van der Waals surface area contributed by atoms with Crippen molar-refractivity contribution in [2.45, 2.75) is 6.42 Å². The van der Waals surface area contributed by atoms with Crippen molar-refractivity contribution in [2.24, 2.45) is 0 Å². The van der Waals surface area contributed by atoms with Crippen molar-refractivity contribution < 1.29 is 8.83 Å². The Kier molecular flexibility index (Phi) is 5.47. The van der Waals surface area contributed by atoms with E-state index < -0.39 is 0 Å². The smallest absolute Gasteiger partial charge is 0.178 e. The molecule has 228 valence electrons. The third-order valence-electron chi connectivity index (χ3n) is 10.5. The third-order valence-corrected chi connectivity index (χ3v) is 10.5. The second kappa shape index (κ2) is 10.1. The molecule has 49 heavy (non-hydrogen) atoms. The molecule has 1 aliphatic carbocycles. The molecule has 2 heterocycles. The van der Waals surface area contributed by atoms with Crippen LogP contribution in [-0.2, 0) is 6.42 Å². The van der Waals surface area contributed by atoms with Gasteiger partial charge >= 0.3 is 0 Å². The molecule has 0 saturated heterocycles. The van der Waals surface area contributed by atoms with Crippen LogP contribution in [0.15, 0.2) is 167 Å². The number of para-hydroxylation sites is 1. The van der Waals surface area contributed by atoms with E-state index in [4.69, 9.17) is 8.83 Å².